The minimum atomic E-state index is -3.51. The summed E-state index contributed by atoms with van der Waals surface area (Å²) >= 11 is 0. The molecule has 2 rings (SSSR count). The van der Waals surface area contributed by atoms with E-state index in [1.54, 1.807) is 26.1 Å². The van der Waals surface area contributed by atoms with E-state index in [-0.39, 0.29) is 16.7 Å². The van der Waals surface area contributed by atoms with Crippen LogP contribution in [0.1, 0.15) is 18.4 Å². The molecule has 1 aliphatic heterocycles. The number of nitrogen functional groups attached to an aromatic ring is 1. The number of hydrogen-bond acceptors (Lipinski definition) is 4. The molecule has 0 unspecified atom stereocenters. The van der Waals surface area contributed by atoms with Gasteiger partial charge in [0, 0.05) is 31.7 Å². The van der Waals surface area contributed by atoms with Crippen molar-refractivity contribution in [3.05, 3.63) is 23.8 Å². The third-order valence-electron chi connectivity index (χ3n) is 3.95. The first-order valence-corrected chi connectivity index (χ1v) is 8.38. The van der Waals surface area contributed by atoms with E-state index < -0.39 is 10.0 Å². The molecule has 3 N–H and O–H groups in total. The number of amides is 1. The highest BCUT2D eigenvalue weighted by molar-refractivity contribution is 7.89. The maximum absolute atomic E-state index is 12.6. The molecule has 0 spiro atoms. The molecule has 21 heavy (non-hydrogen) atoms. The number of benzene rings is 1. The summed E-state index contributed by atoms with van der Waals surface area (Å²) in [7, 11) is -1.91. The normalized spacial score (nSPS) is 17.6. The molecule has 1 fully saturated rings. The number of anilines is 1. The van der Waals surface area contributed by atoms with Gasteiger partial charge in [-0.25, -0.2) is 8.42 Å². The van der Waals surface area contributed by atoms with Crippen LogP contribution < -0.4 is 11.1 Å². The summed E-state index contributed by atoms with van der Waals surface area (Å²) in [6.45, 7) is 2.51. The van der Waals surface area contributed by atoms with E-state index in [4.69, 9.17) is 5.73 Å². The minimum absolute atomic E-state index is 0.0182. The average molecular weight is 311 g/mol. The van der Waals surface area contributed by atoms with Crippen molar-refractivity contribution in [3.63, 3.8) is 0 Å². The van der Waals surface area contributed by atoms with E-state index in [9.17, 15) is 13.2 Å². The van der Waals surface area contributed by atoms with Gasteiger partial charge in [-0.15, -0.1) is 0 Å². The van der Waals surface area contributed by atoms with E-state index in [0.717, 1.165) is 5.56 Å². The van der Waals surface area contributed by atoms with Gasteiger partial charge in [0.2, 0.25) is 15.9 Å². The lowest BCUT2D eigenvalue weighted by Crippen LogP contribution is -2.42. The van der Waals surface area contributed by atoms with E-state index in [2.05, 4.69) is 5.32 Å². The smallest absolute Gasteiger partial charge is 0.243 e. The van der Waals surface area contributed by atoms with Gasteiger partial charge in [-0.05, 0) is 43.5 Å². The molecule has 1 aromatic carbocycles. The van der Waals surface area contributed by atoms with Crippen molar-refractivity contribution in [2.24, 2.45) is 5.92 Å². The molecular weight excluding hydrogens is 290 g/mol. The third kappa shape index (κ3) is 3.19. The molecule has 6 nitrogen and oxygen atoms in total. The number of nitrogens with two attached hydrogens (primary N) is 1. The fraction of sp³-hybridized carbons (Fsp3) is 0.500. The van der Waals surface area contributed by atoms with Gasteiger partial charge in [0.15, 0.2) is 0 Å². The topological polar surface area (TPSA) is 92.5 Å². The Balaban J connectivity index is 2.14. The number of nitrogens with zero attached hydrogens (tertiary/aromatic N) is 1. The fourth-order valence-corrected chi connectivity index (χ4v) is 4.08. The second-order valence-electron chi connectivity index (χ2n) is 5.31. The van der Waals surface area contributed by atoms with E-state index in [0.29, 0.717) is 31.6 Å². The van der Waals surface area contributed by atoms with Gasteiger partial charge < -0.3 is 11.1 Å². The van der Waals surface area contributed by atoms with Crippen molar-refractivity contribution >= 4 is 21.6 Å². The molecule has 0 saturated carbocycles. The van der Waals surface area contributed by atoms with Crippen LogP contribution in [0.25, 0.3) is 0 Å². The standard InChI is InChI=1S/C14H21N3O3S/c1-10-9-12(3-4-13(10)15)21(19,20)17-7-5-11(6-8-17)14(18)16-2/h3-4,9,11H,5-8,15H2,1-2H3,(H,16,18). The fourth-order valence-electron chi connectivity index (χ4n) is 2.52. The second kappa shape index (κ2) is 6.03. The molecule has 7 heteroatoms. The highest BCUT2D eigenvalue weighted by Crippen LogP contribution is 2.25. The maximum atomic E-state index is 12.6. The summed E-state index contributed by atoms with van der Waals surface area (Å²) in [6, 6.07) is 4.73. The molecule has 1 aromatic rings. The van der Waals surface area contributed by atoms with E-state index >= 15 is 0 Å². The molecule has 0 atom stereocenters. The monoisotopic (exact) mass is 311 g/mol. The third-order valence-corrected chi connectivity index (χ3v) is 5.84. The van der Waals surface area contributed by atoms with Crippen molar-refractivity contribution in [1.29, 1.82) is 0 Å². The predicted octanol–water partition coefficient (Wildman–Crippen LogP) is 0.724. The molecule has 0 bridgehead atoms. The van der Waals surface area contributed by atoms with E-state index in [1.165, 1.54) is 10.4 Å². The summed E-state index contributed by atoms with van der Waals surface area (Å²) in [4.78, 5) is 11.8. The van der Waals surface area contributed by atoms with Crippen molar-refractivity contribution in [3.8, 4) is 0 Å². The van der Waals surface area contributed by atoms with Crippen molar-refractivity contribution in [1.82, 2.24) is 9.62 Å². The number of aryl methyl sites for hydroxylation is 1. The molecule has 0 aliphatic carbocycles. The van der Waals surface area contributed by atoms with Crippen molar-refractivity contribution in [2.75, 3.05) is 25.9 Å². The number of nitrogens with one attached hydrogen (secondary N) is 1. The van der Waals surface area contributed by atoms with Crippen molar-refractivity contribution in [2.45, 2.75) is 24.7 Å². The number of sulfonamides is 1. The minimum Gasteiger partial charge on any atom is -0.399 e. The number of carbonyl (C=O) groups excluding carboxylic acids is 1. The Labute approximate surface area is 125 Å². The predicted molar refractivity (Wildman–Crippen MR) is 81.1 cm³/mol. The van der Waals surface area contributed by atoms with Crippen LogP contribution in [0.5, 0.6) is 0 Å². The molecular formula is C14H21N3O3S. The lowest BCUT2D eigenvalue weighted by atomic mass is 9.97. The van der Waals surface area contributed by atoms with Crippen LogP contribution in [0.3, 0.4) is 0 Å². The van der Waals surface area contributed by atoms with Crippen LogP contribution >= 0.6 is 0 Å². The summed E-state index contributed by atoms with van der Waals surface area (Å²) < 4.78 is 26.6. The Morgan fingerprint density at radius 1 is 1.33 bits per heavy atom. The van der Waals surface area contributed by atoms with Crippen LogP contribution in [0.15, 0.2) is 23.1 Å². The van der Waals surface area contributed by atoms with Gasteiger partial charge in [-0.3, -0.25) is 4.79 Å². The molecule has 1 saturated heterocycles. The lowest BCUT2D eigenvalue weighted by Gasteiger charge is -2.30. The first-order valence-electron chi connectivity index (χ1n) is 6.94. The van der Waals surface area contributed by atoms with Gasteiger partial charge in [-0.2, -0.15) is 4.31 Å². The number of carbonyl (C=O) groups is 1. The Morgan fingerprint density at radius 2 is 1.95 bits per heavy atom. The number of rotatable bonds is 3. The van der Waals surface area contributed by atoms with Crippen LogP contribution in [0.4, 0.5) is 5.69 Å². The van der Waals surface area contributed by atoms with Gasteiger partial charge in [-0.1, -0.05) is 0 Å². The Morgan fingerprint density at radius 3 is 2.48 bits per heavy atom. The lowest BCUT2D eigenvalue weighted by molar-refractivity contribution is -0.125. The van der Waals surface area contributed by atoms with E-state index in [1.807, 2.05) is 0 Å². The Hall–Kier alpha value is -1.60. The SMILES string of the molecule is CNC(=O)C1CCN(S(=O)(=O)c2ccc(N)c(C)c2)CC1. The zero-order valence-corrected chi connectivity index (χ0v) is 13.1. The van der Waals surface area contributed by atoms with Crippen LogP contribution in [-0.4, -0.2) is 38.8 Å². The second-order valence-corrected chi connectivity index (χ2v) is 7.25. The van der Waals surface area contributed by atoms with Gasteiger partial charge in [0.1, 0.15) is 0 Å². The zero-order valence-electron chi connectivity index (χ0n) is 12.3. The molecule has 0 aromatic heterocycles. The molecule has 1 amide bonds. The summed E-state index contributed by atoms with van der Waals surface area (Å²) in [5.74, 6) is -0.120. The summed E-state index contributed by atoms with van der Waals surface area (Å²) in [6.07, 6.45) is 1.10. The molecule has 116 valence electrons. The van der Waals surface area contributed by atoms with Gasteiger partial charge >= 0.3 is 0 Å². The molecule has 0 radical (unpaired) electrons. The maximum Gasteiger partial charge on any atom is 0.243 e. The zero-order chi connectivity index (χ0) is 15.6. The summed E-state index contributed by atoms with van der Waals surface area (Å²) in [5.41, 5.74) is 7.05. The Kier molecular flexibility index (Phi) is 4.53. The van der Waals surface area contributed by atoms with Gasteiger partial charge in [0.25, 0.3) is 0 Å². The van der Waals surface area contributed by atoms with Crippen LogP contribution in [-0.2, 0) is 14.8 Å². The quantitative estimate of drug-likeness (QED) is 0.805. The number of piperidine rings is 1. The first kappa shape index (κ1) is 15.8. The Bertz CT molecular complexity index is 635. The largest absolute Gasteiger partial charge is 0.399 e. The first-order chi connectivity index (χ1) is 9.86. The highest BCUT2D eigenvalue weighted by atomic mass is 32.2. The van der Waals surface area contributed by atoms with Crippen LogP contribution in [0.2, 0.25) is 0 Å². The van der Waals surface area contributed by atoms with Gasteiger partial charge in [0.05, 0.1) is 4.90 Å². The average Bonchev–Trinajstić information content (AvgIpc) is 2.49. The number of hydrogen-bond donors (Lipinski definition) is 2. The highest BCUT2D eigenvalue weighted by Gasteiger charge is 2.31. The molecule has 1 aliphatic rings. The van der Waals surface area contributed by atoms with Crippen molar-refractivity contribution < 1.29 is 13.2 Å². The summed E-state index contributed by atoms with van der Waals surface area (Å²) in [5, 5.41) is 2.61. The molecule has 1 heterocycles. The van der Waals surface area contributed by atoms with Crippen LogP contribution in [0, 0.1) is 12.8 Å².